The normalized spacial score (nSPS) is 21.0. The molecule has 1 N–H and O–H groups in total. The fourth-order valence-corrected chi connectivity index (χ4v) is 2.54. The Hall–Kier alpha value is -2.08. The second kappa shape index (κ2) is 6.58. The van der Waals surface area contributed by atoms with Crippen LogP contribution in [-0.4, -0.2) is 47.9 Å². The first kappa shape index (κ1) is 15.3. The Labute approximate surface area is 127 Å². The second-order valence-electron chi connectivity index (χ2n) is 4.72. The molecule has 0 spiro atoms. The van der Waals surface area contributed by atoms with Gasteiger partial charge in [0.05, 0.1) is 7.11 Å². The molecule has 7 heteroatoms. The summed E-state index contributed by atoms with van der Waals surface area (Å²) >= 11 is 5.47. The number of esters is 1. The van der Waals surface area contributed by atoms with Gasteiger partial charge in [0.1, 0.15) is 6.04 Å². The number of carbonyl (C=O) groups excluding carboxylic acids is 3. The third-order valence-corrected chi connectivity index (χ3v) is 3.59. The molecule has 2 amide bonds. The minimum Gasteiger partial charge on any atom is -0.467 e. The Bertz CT molecular complexity index is 549. The monoisotopic (exact) mass is 310 g/mol. The van der Waals surface area contributed by atoms with E-state index in [4.69, 9.17) is 11.6 Å². The summed E-state index contributed by atoms with van der Waals surface area (Å²) in [5.41, 5.74) is 0.516. The summed E-state index contributed by atoms with van der Waals surface area (Å²) in [7, 11) is 1.25. The standard InChI is InChI=1S/C14H15ClN2O4/c1-21-13(19)11-7-10(8-17(11)14(15)20)16-12(18)9-5-3-2-4-6-9/h2-6,10-11H,7-8H2,1H3,(H,16,18)/t10-,11+/m0/s1. The summed E-state index contributed by atoms with van der Waals surface area (Å²) in [6.45, 7) is 0.181. The number of nitrogens with one attached hydrogen (secondary N) is 1. The quantitative estimate of drug-likeness (QED) is 0.520. The lowest BCUT2D eigenvalue weighted by atomic mass is 10.1. The van der Waals surface area contributed by atoms with Crippen LogP contribution in [0.15, 0.2) is 30.3 Å². The molecule has 0 bridgehead atoms. The molecule has 0 saturated carbocycles. The highest BCUT2D eigenvalue weighted by Gasteiger charge is 2.40. The number of ether oxygens (including phenoxy) is 1. The molecule has 0 unspecified atom stereocenters. The van der Waals surface area contributed by atoms with E-state index in [1.54, 1.807) is 24.3 Å². The van der Waals surface area contributed by atoms with Crippen molar-refractivity contribution in [3.63, 3.8) is 0 Å². The van der Waals surface area contributed by atoms with Crippen molar-refractivity contribution in [2.24, 2.45) is 0 Å². The zero-order valence-electron chi connectivity index (χ0n) is 11.4. The predicted molar refractivity (Wildman–Crippen MR) is 76.1 cm³/mol. The second-order valence-corrected chi connectivity index (χ2v) is 5.04. The molecule has 2 atom stereocenters. The van der Waals surface area contributed by atoms with Gasteiger partial charge >= 0.3 is 11.3 Å². The molecular formula is C14H15ClN2O4. The number of methoxy groups -OCH3 is 1. The van der Waals surface area contributed by atoms with Crippen molar-refractivity contribution in [3.8, 4) is 0 Å². The van der Waals surface area contributed by atoms with Crippen LogP contribution < -0.4 is 5.32 Å². The summed E-state index contributed by atoms with van der Waals surface area (Å²) in [6, 6.07) is 7.60. The zero-order valence-corrected chi connectivity index (χ0v) is 12.2. The lowest BCUT2D eigenvalue weighted by Gasteiger charge is -2.18. The average Bonchev–Trinajstić information content (AvgIpc) is 2.91. The van der Waals surface area contributed by atoms with Crippen molar-refractivity contribution >= 4 is 28.8 Å². The third kappa shape index (κ3) is 3.52. The third-order valence-electron chi connectivity index (χ3n) is 3.37. The lowest BCUT2D eigenvalue weighted by Crippen LogP contribution is -2.39. The number of likely N-dealkylation sites (tertiary alicyclic amines) is 1. The zero-order chi connectivity index (χ0) is 15.4. The minimum atomic E-state index is -0.763. The number of amides is 2. The van der Waals surface area contributed by atoms with Gasteiger partial charge in [0.25, 0.3) is 5.91 Å². The topological polar surface area (TPSA) is 75.7 Å². The number of nitrogens with zero attached hydrogens (tertiary/aromatic N) is 1. The van der Waals surface area contributed by atoms with E-state index in [1.165, 1.54) is 12.0 Å². The molecule has 1 aromatic rings. The molecule has 1 fully saturated rings. The van der Waals surface area contributed by atoms with Gasteiger partial charge in [-0.15, -0.1) is 0 Å². The van der Waals surface area contributed by atoms with Gasteiger partial charge in [-0.25, -0.2) is 4.79 Å². The van der Waals surface area contributed by atoms with Crippen LogP contribution in [0.25, 0.3) is 0 Å². The largest absolute Gasteiger partial charge is 0.467 e. The maximum absolute atomic E-state index is 12.1. The molecule has 0 radical (unpaired) electrons. The van der Waals surface area contributed by atoms with E-state index in [2.05, 4.69) is 10.1 Å². The molecule has 1 aromatic carbocycles. The Morgan fingerprint density at radius 1 is 1.29 bits per heavy atom. The number of carbonyl (C=O) groups is 3. The van der Waals surface area contributed by atoms with Crippen LogP contribution in [0.3, 0.4) is 0 Å². The van der Waals surface area contributed by atoms with Crippen LogP contribution in [0, 0.1) is 0 Å². The van der Waals surface area contributed by atoms with Gasteiger partial charge in [-0.1, -0.05) is 18.2 Å². The first-order valence-electron chi connectivity index (χ1n) is 6.42. The maximum Gasteiger partial charge on any atom is 0.328 e. The van der Waals surface area contributed by atoms with Crippen molar-refractivity contribution in [1.29, 1.82) is 0 Å². The van der Waals surface area contributed by atoms with Crippen LogP contribution in [0.4, 0.5) is 4.79 Å². The summed E-state index contributed by atoms with van der Waals surface area (Å²) in [4.78, 5) is 36.2. The summed E-state index contributed by atoms with van der Waals surface area (Å²) in [5.74, 6) is -0.798. The smallest absolute Gasteiger partial charge is 0.328 e. The number of hydrogen-bond donors (Lipinski definition) is 1. The Balaban J connectivity index is 2.04. The highest BCUT2D eigenvalue weighted by Crippen LogP contribution is 2.21. The van der Waals surface area contributed by atoms with Gasteiger partial charge in [-0.3, -0.25) is 9.59 Å². The van der Waals surface area contributed by atoms with E-state index >= 15 is 0 Å². The molecule has 0 aliphatic carbocycles. The Morgan fingerprint density at radius 3 is 2.52 bits per heavy atom. The van der Waals surface area contributed by atoms with Crippen molar-refractivity contribution in [1.82, 2.24) is 10.2 Å². The van der Waals surface area contributed by atoms with Gasteiger partial charge in [0.15, 0.2) is 0 Å². The van der Waals surface area contributed by atoms with E-state index in [0.717, 1.165) is 0 Å². The molecule has 21 heavy (non-hydrogen) atoms. The first-order valence-corrected chi connectivity index (χ1v) is 6.80. The highest BCUT2D eigenvalue weighted by molar-refractivity contribution is 6.63. The van der Waals surface area contributed by atoms with E-state index in [-0.39, 0.29) is 24.9 Å². The van der Waals surface area contributed by atoms with E-state index in [9.17, 15) is 14.4 Å². The van der Waals surface area contributed by atoms with E-state index in [0.29, 0.717) is 5.56 Å². The number of rotatable bonds is 3. The molecule has 2 rings (SSSR count). The molecule has 0 aromatic heterocycles. The van der Waals surface area contributed by atoms with E-state index in [1.807, 2.05) is 6.07 Å². The van der Waals surface area contributed by atoms with Crippen molar-refractivity contribution in [2.75, 3.05) is 13.7 Å². The van der Waals surface area contributed by atoms with Crippen LogP contribution in [-0.2, 0) is 9.53 Å². The minimum absolute atomic E-state index is 0.181. The maximum atomic E-state index is 12.1. The van der Waals surface area contributed by atoms with Crippen molar-refractivity contribution in [3.05, 3.63) is 35.9 Å². The van der Waals surface area contributed by atoms with Crippen molar-refractivity contribution in [2.45, 2.75) is 18.5 Å². The number of hydrogen-bond acceptors (Lipinski definition) is 4. The van der Waals surface area contributed by atoms with Crippen LogP contribution in [0.1, 0.15) is 16.8 Å². The Kier molecular flexibility index (Phi) is 4.80. The molecule has 1 saturated heterocycles. The summed E-state index contributed by atoms with van der Waals surface area (Å²) < 4.78 is 4.65. The van der Waals surface area contributed by atoms with Gasteiger partial charge in [-0.2, -0.15) is 0 Å². The SMILES string of the molecule is COC(=O)[C@H]1C[C@H](NC(=O)c2ccccc2)CN1C(=O)Cl. The molecule has 1 aliphatic heterocycles. The molecule has 1 aliphatic rings. The number of halogens is 1. The number of benzene rings is 1. The fraction of sp³-hybridized carbons (Fsp3) is 0.357. The van der Waals surface area contributed by atoms with Gasteiger partial charge in [-0.05, 0) is 23.7 Å². The average molecular weight is 311 g/mol. The van der Waals surface area contributed by atoms with Gasteiger partial charge < -0.3 is 15.0 Å². The molecule has 1 heterocycles. The van der Waals surface area contributed by atoms with E-state index < -0.39 is 17.4 Å². The van der Waals surface area contributed by atoms with Crippen LogP contribution >= 0.6 is 11.6 Å². The van der Waals surface area contributed by atoms with Crippen LogP contribution in [0.2, 0.25) is 0 Å². The first-order chi connectivity index (χ1) is 10.0. The molecule has 6 nitrogen and oxygen atoms in total. The summed E-state index contributed by atoms with van der Waals surface area (Å²) in [6.07, 6.45) is 0.281. The molecule has 112 valence electrons. The lowest BCUT2D eigenvalue weighted by molar-refractivity contribution is -0.144. The Morgan fingerprint density at radius 2 is 1.95 bits per heavy atom. The fourth-order valence-electron chi connectivity index (χ4n) is 2.35. The van der Waals surface area contributed by atoms with Crippen LogP contribution in [0.5, 0.6) is 0 Å². The molecular weight excluding hydrogens is 296 g/mol. The van der Waals surface area contributed by atoms with Gasteiger partial charge in [0, 0.05) is 24.6 Å². The van der Waals surface area contributed by atoms with Gasteiger partial charge in [0.2, 0.25) is 0 Å². The highest BCUT2D eigenvalue weighted by atomic mass is 35.5. The predicted octanol–water partition coefficient (Wildman–Crippen LogP) is 1.39. The summed E-state index contributed by atoms with van der Waals surface area (Å²) in [5, 5.41) is 2.06. The van der Waals surface area contributed by atoms with Crippen molar-refractivity contribution < 1.29 is 19.1 Å².